The lowest BCUT2D eigenvalue weighted by Gasteiger charge is -2.13. The van der Waals surface area contributed by atoms with Crippen LogP contribution < -0.4 is 20.1 Å². The van der Waals surface area contributed by atoms with E-state index < -0.39 is 36.0 Å². The van der Waals surface area contributed by atoms with Crippen LogP contribution in [0.1, 0.15) is 11.1 Å². The number of hydrogen-bond acceptors (Lipinski definition) is 5. The molecule has 4 rings (SSSR count). The van der Waals surface area contributed by atoms with Gasteiger partial charge in [0.1, 0.15) is 30.5 Å². The number of urea groups is 1. The fraction of sp³-hybridized carbons (Fsp3) is 0.115. The third kappa shape index (κ3) is 5.95. The number of para-hydroxylation sites is 1. The number of ether oxygens (including phenoxy) is 2. The topological polar surface area (TPSA) is 97.0 Å². The molecular formula is C26H20BrF2N3O5. The van der Waals surface area contributed by atoms with Crippen molar-refractivity contribution in [1.82, 2.24) is 10.2 Å². The van der Waals surface area contributed by atoms with Crippen molar-refractivity contribution in [2.45, 2.75) is 6.61 Å². The molecule has 0 aromatic heterocycles. The Bertz CT molecular complexity index is 1410. The van der Waals surface area contributed by atoms with E-state index in [1.54, 1.807) is 30.3 Å². The molecule has 0 radical (unpaired) electrons. The van der Waals surface area contributed by atoms with E-state index in [0.717, 1.165) is 0 Å². The molecular weight excluding hydrogens is 552 g/mol. The molecule has 1 aliphatic heterocycles. The van der Waals surface area contributed by atoms with Gasteiger partial charge in [-0.2, -0.15) is 0 Å². The maximum Gasteiger partial charge on any atom is 0.329 e. The molecule has 3 aromatic rings. The number of carbonyl (C=O) groups is 3. The maximum atomic E-state index is 13.9. The second kappa shape index (κ2) is 11.2. The molecule has 0 aliphatic carbocycles. The molecule has 4 amide bonds. The first-order valence-corrected chi connectivity index (χ1v) is 11.7. The molecule has 11 heteroatoms. The van der Waals surface area contributed by atoms with E-state index in [0.29, 0.717) is 32.0 Å². The van der Waals surface area contributed by atoms with Crippen molar-refractivity contribution in [3.05, 3.63) is 93.6 Å². The van der Waals surface area contributed by atoms with Gasteiger partial charge in [0.05, 0.1) is 12.8 Å². The average molecular weight is 572 g/mol. The zero-order valence-corrected chi connectivity index (χ0v) is 21.0. The Morgan fingerprint density at radius 2 is 1.76 bits per heavy atom. The molecule has 0 unspecified atom stereocenters. The lowest BCUT2D eigenvalue weighted by molar-refractivity contribution is -0.127. The summed E-state index contributed by atoms with van der Waals surface area (Å²) in [7, 11) is 1.43. The Labute approximate surface area is 219 Å². The fourth-order valence-electron chi connectivity index (χ4n) is 3.47. The quantitative estimate of drug-likeness (QED) is 0.298. The van der Waals surface area contributed by atoms with Crippen molar-refractivity contribution in [2.75, 3.05) is 19.0 Å². The number of nitrogens with zero attached hydrogens (tertiary/aromatic N) is 1. The minimum Gasteiger partial charge on any atom is -0.493 e. The van der Waals surface area contributed by atoms with Crippen LogP contribution in [0.4, 0.5) is 19.3 Å². The van der Waals surface area contributed by atoms with Gasteiger partial charge in [0, 0.05) is 10.0 Å². The van der Waals surface area contributed by atoms with Gasteiger partial charge >= 0.3 is 6.03 Å². The highest BCUT2D eigenvalue weighted by molar-refractivity contribution is 9.10. The molecule has 1 fully saturated rings. The van der Waals surface area contributed by atoms with Crippen LogP contribution in [0.2, 0.25) is 0 Å². The average Bonchev–Trinajstić information content (AvgIpc) is 3.13. The molecule has 0 bridgehead atoms. The third-order valence-electron chi connectivity index (χ3n) is 5.34. The van der Waals surface area contributed by atoms with Crippen LogP contribution in [0.3, 0.4) is 0 Å². The van der Waals surface area contributed by atoms with Crippen molar-refractivity contribution in [1.29, 1.82) is 0 Å². The zero-order chi connectivity index (χ0) is 26.5. The summed E-state index contributed by atoms with van der Waals surface area (Å²) >= 11 is 3.40. The van der Waals surface area contributed by atoms with E-state index in [2.05, 4.69) is 26.6 Å². The van der Waals surface area contributed by atoms with Gasteiger partial charge in [-0.3, -0.25) is 9.59 Å². The van der Waals surface area contributed by atoms with E-state index in [1.807, 2.05) is 0 Å². The first kappa shape index (κ1) is 25.8. The number of imide groups is 1. The Morgan fingerprint density at radius 1 is 1.05 bits per heavy atom. The van der Waals surface area contributed by atoms with Crippen LogP contribution in [-0.2, 0) is 16.2 Å². The summed E-state index contributed by atoms with van der Waals surface area (Å²) in [6.45, 7) is -0.641. The molecule has 0 spiro atoms. The van der Waals surface area contributed by atoms with Crippen LogP contribution in [0.15, 0.2) is 70.8 Å². The number of carbonyl (C=O) groups excluding carboxylic acids is 3. The number of methoxy groups -OCH3 is 1. The highest BCUT2D eigenvalue weighted by atomic mass is 79.9. The van der Waals surface area contributed by atoms with Crippen molar-refractivity contribution < 1.29 is 32.6 Å². The number of halogens is 3. The second-order valence-electron chi connectivity index (χ2n) is 7.81. The third-order valence-corrected chi connectivity index (χ3v) is 6.02. The van der Waals surface area contributed by atoms with E-state index in [9.17, 15) is 23.2 Å². The van der Waals surface area contributed by atoms with Gasteiger partial charge in [-0.15, -0.1) is 0 Å². The Kier molecular flexibility index (Phi) is 7.83. The highest BCUT2D eigenvalue weighted by Crippen LogP contribution is 2.35. The normalized spacial score (nSPS) is 14.1. The smallest absolute Gasteiger partial charge is 0.329 e. The molecule has 37 heavy (non-hydrogen) atoms. The molecule has 0 saturated carbocycles. The van der Waals surface area contributed by atoms with Gasteiger partial charge in [-0.1, -0.05) is 46.3 Å². The van der Waals surface area contributed by atoms with Gasteiger partial charge in [0.2, 0.25) is 5.91 Å². The fourth-order valence-corrected chi connectivity index (χ4v) is 3.91. The molecule has 2 N–H and O–H groups in total. The van der Waals surface area contributed by atoms with Crippen LogP contribution in [0, 0.1) is 11.6 Å². The van der Waals surface area contributed by atoms with Crippen LogP contribution in [-0.4, -0.2) is 36.4 Å². The number of anilines is 1. The van der Waals surface area contributed by atoms with Crippen molar-refractivity contribution in [3.8, 4) is 11.5 Å². The van der Waals surface area contributed by atoms with E-state index in [4.69, 9.17) is 9.47 Å². The second-order valence-corrected chi connectivity index (χ2v) is 8.67. The molecule has 1 aliphatic rings. The molecule has 3 aromatic carbocycles. The highest BCUT2D eigenvalue weighted by Gasteiger charge is 2.35. The number of hydrogen-bond donors (Lipinski definition) is 2. The van der Waals surface area contributed by atoms with E-state index in [-0.39, 0.29) is 18.0 Å². The first-order valence-electron chi connectivity index (χ1n) is 10.9. The molecule has 190 valence electrons. The number of nitrogens with one attached hydrogen (secondary N) is 2. The van der Waals surface area contributed by atoms with Crippen LogP contribution in [0.5, 0.6) is 11.5 Å². The van der Waals surface area contributed by atoms with Gasteiger partial charge < -0.3 is 20.1 Å². The van der Waals surface area contributed by atoms with E-state index >= 15 is 0 Å². The SMILES string of the molecule is COc1cc(/C=C2/NC(=O)N(CC(=O)Nc3ccccc3F)C2=O)c(Br)cc1OCc1ccccc1F. The van der Waals surface area contributed by atoms with Gasteiger partial charge in [0.25, 0.3) is 5.91 Å². The minimum atomic E-state index is -0.798. The summed E-state index contributed by atoms with van der Waals surface area (Å²) in [5.74, 6) is -1.89. The number of amides is 4. The first-order chi connectivity index (χ1) is 17.8. The van der Waals surface area contributed by atoms with Crippen LogP contribution >= 0.6 is 15.9 Å². The number of rotatable bonds is 8. The van der Waals surface area contributed by atoms with Crippen molar-refractivity contribution >= 4 is 45.5 Å². The summed E-state index contributed by atoms with van der Waals surface area (Å²) in [5.41, 5.74) is 0.691. The predicted octanol–water partition coefficient (Wildman–Crippen LogP) is 4.85. The lowest BCUT2D eigenvalue weighted by Crippen LogP contribution is -2.38. The Balaban J connectivity index is 1.48. The number of benzene rings is 3. The summed E-state index contributed by atoms with van der Waals surface area (Å²) in [5, 5.41) is 4.76. The molecule has 8 nitrogen and oxygen atoms in total. The van der Waals surface area contributed by atoms with Crippen molar-refractivity contribution in [3.63, 3.8) is 0 Å². The Morgan fingerprint density at radius 3 is 2.46 bits per heavy atom. The molecule has 0 atom stereocenters. The van der Waals surface area contributed by atoms with Gasteiger partial charge in [-0.05, 0) is 42.0 Å². The summed E-state index contributed by atoms with van der Waals surface area (Å²) in [4.78, 5) is 38.2. The monoisotopic (exact) mass is 571 g/mol. The largest absolute Gasteiger partial charge is 0.493 e. The molecule has 1 heterocycles. The summed E-state index contributed by atoms with van der Waals surface area (Å²) in [6, 6.07) is 14.1. The van der Waals surface area contributed by atoms with E-state index in [1.165, 1.54) is 43.5 Å². The van der Waals surface area contributed by atoms with Gasteiger partial charge in [0.15, 0.2) is 11.5 Å². The maximum absolute atomic E-state index is 13.9. The summed E-state index contributed by atoms with van der Waals surface area (Å²) in [6.07, 6.45) is 1.41. The predicted molar refractivity (Wildman–Crippen MR) is 135 cm³/mol. The lowest BCUT2D eigenvalue weighted by atomic mass is 10.1. The summed E-state index contributed by atoms with van der Waals surface area (Å²) < 4.78 is 39.3. The minimum absolute atomic E-state index is 0.0334. The van der Waals surface area contributed by atoms with Crippen LogP contribution in [0.25, 0.3) is 6.08 Å². The van der Waals surface area contributed by atoms with Crippen molar-refractivity contribution in [2.24, 2.45) is 0 Å². The molecule has 1 saturated heterocycles. The Hall–Kier alpha value is -4.25. The standard InChI is InChI=1S/C26H20BrF2N3O5/c1-36-22-11-16(17(27)12-23(22)37-14-15-6-2-3-7-18(15)28)10-21-25(34)32(26(35)31-21)13-24(33)30-20-9-5-4-8-19(20)29/h2-12H,13-14H2,1H3,(H,30,33)(H,31,35)/b21-10+. The zero-order valence-electron chi connectivity index (χ0n) is 19.4. The van der Waals surface area contributed by atoms with Gasteiger partial charge in [-0.25, -0.2) is 18.5 Å².